The summed E-state index contributed by atoms with van der Waals surface area (Å²) >= 11 is 0. The van der Waals surface area contributed by atoms with Crippen LogP contribution in [0.1, 0.15) is 143 Å². The van der Waals surface area contributed by atoms with Crippen molar-refractivity contribution in [3.8, 4) is 0 Å². The van der Waals surface area contributed by atoms with Gasteiger partial charge in [0.05, 0.1) is 6.61 Å². The molecule has 3 heteroatoms. The molecule has 0 aliphatic rings. The van der Waals surface area contributed by atoms with Crippen molar-refractivity contribution < 1.29 is 14.3 Å². The van der Waals surface area contributed by atoms with E-state index in [2.05, 4.69) is 26.0 Å². The van der Waals surface area contributed by atoms with Crippen LogP contribution >= 0.6 is 0 Å². The number of hydrogen-bond acceptors (Lipinski definition) is 3. The average Bonchev–Trinajstić information content (AvgIpc) is 2.75. The Kier molecular flexibility index (Phi) is 22.7. The van der Waals surface area contributed by atoms with Crippen LogP contribution in [0.5, 0.6) is 0 Å². The molecule has 0 aromatic carbocycles. The molecule has 1 atom stereocenters. The highest BCUT2D eigenvalue weighted by molar-refractivity contribution is 5.75. The largest absolute Gasteiger partial charge is 0.465 e. The highest BCUT2D eigenvalue weighted by atomic mass is 16.5. The molecular weight excluding hydrogens is 384 g/mol. The van der Waals surface area contributed by atoms with Crippen molar-refractivity contribution in [1.29, 1.82) is 0 Å². The summed E-state index contributed by atoms with van der Waals surface area (Å²) in [7, 11) is 0. The number of carbonyl (C=O) groups excluding carboxylic acids is 2. The van der Waals surface area contributed by atoms with Gasteiger partial charge in [-0.05, 0) is 57.8 Å². The van der Waals surface area contributed by atoms with E-state index in [9.17, 15) is 9.59 Å². The Hall–Kier alpha value is -1.12. The van der Waals surface area contributed by atoms with E-state index in [1.165, 1.54) is 70.6 Å². The van der Waals surface area contributed by atoms with Crippen molar-refractivity contribution in [3.63, 3.8) is 0 Å². The lowest BCUT2D eigenvalue weighted by atomic mass is 9.96. The van der Waals surface area contributed by atoms with Gasteiger partial charge in [-0.1, -0.05) is 90.2 Å². The summed E-state index contributed by atoms with van der Waals surface area (Å²) in [4.78, 5) is 23.2. The second-order valence-electron chi connectivity index (χ2n) is 9.27. The first-order valence-electron chi connectivity index (χ1n) is 13.4. The predicted octanol–water partition coefficient (Wildman–Crippen LogP) is 8.74. The topological polar surface area (TPSA) is 43.4 Å². The molecule has 0 amide bonds. The van der Waals surface area contributed by atoms with E-state index in [1.54, 1.807) is 6.92 Å². The number of ketones is 1. The molecule has 0 aliphatic carbocycles. The lowest BCUT2D eigenvalue weighted by Crippen LogP contribution is -2.15. The first kappa shape index (κ1) is 29.9. The number of esters is 1. The van der Waals surface area contributed by atoms with E-state index in [0.717, 1.165) is 38.5 Å². The number of ether oxygens (including phenoxy) is 1. The molecule has 31 heavy (non-hydrogen) atoms. The van der Waals surface area contributed by atoms with Crippen molar-refractivity contribution in [2.75, 3.05) is 6.61 Å². The number of rotatable bonds is 23. The molecule has 0 spiro atoms. The lowest BCUT2D eigenvalue weighted by molar-refractivity contribution is -0.145. The predicted molar refractivity (Wildman–Crippen MR) is 133 cm³/mol. The van der Waals surface area contributed by atoms with E-state index in [1.807, 2.05) is 0 Å². The fourth-order valence-corrected chi connectivity index (χ4v) is 3.83. The molecule has 0 fully saturated rings. The first-order chi connectivity index (χ1) is 15.1. The molecular formula is C28H52O3. The Morgan fingerprint density at radius 2 is 1.23 bits per heavy atom. The molecule has 0 saturated heterocycles. The second kappa shape index (κ2) is 23.5. The number of Topliss-reactive ketones (excluding diaryl/α,β-unsaturated/α-hetero) is 1. The highest BCUT2D eigenvalue weighted by Crippen LogP contribution is 2.17. The Morgan fingerprint density at radius 3 is 1.81 bits per heavy atom. The molecule has 0 N–H and O–H groups in total. The third kappa shape index (κ3) is 23.4. The minimum Gasteiger partial charge on any atom is -0.465 e. The van der Waals surface area contributed by atoms with Gasteiger partial charge in [0.2, 0.25) is 0 Å². The molecule has 1 unspecified atom stereocenters. The zero-order chi connectivity index (χ0) is 23.0. The molecule has 0 radical (unpaired) electrons. The third-order valence-electron chi connectivity index (χ3n) is 5.99. The minimum atomic E-state index is -0.0676. The maximum Gasteiger partial charge on any atom is 0.305 e. The summed E-state index contributed by atoms with van der Waals surface area (Å²) in [5.74, 6) is 0.491. The van der Waals surface area contributed by atoms with Crippen LogP contribution in [-0.2, 0) is 14.3 Å². The second-order valence-corrected chi connectivity index (χ2v) is 9.27. The van der Waals surface area contributed by atoms with E-state index in [0.29, 0.717) is 25.4 Å². The third-order valence-corrected chi connectivity index (χ3v) is 5.99. The fourth-order valence-electron chi connectivity index (χ4n) is 3.83. The van der Waals surface area contributed by atoms with Crippen molar-refractivity contribution in [1.82, 2.24) is 0 Å². The molecule has 0 aliphatic heterocycles. The summed E-state index contributed by atoms with van der Waals surface area (Å²) in [5.41, 5.74) is 0. The van der Waals surface area contributed by atoms with Crippen LogP contribution in [0.4, 0.5) is 0 Å². The van der Waals surface area contributed by atoms with Gasteiger partial charge in [-0.3, -0.25) is 4.79 Å². The Bertz CT molecular complexity index is 442. The first-order valence-corrected chi connectivity index (χ1v) is 13.4. The van der Waals surface area contributed by atoms with E-state index in [-0.39, 0.29) is 11.8 Å². The summed E-state index contributed by atoms with van der Waals surface area (Å²) in [6.45, 7) is 6.55. The SMILES string of the molecule is CCCCCCCC/C=C\CCCCCCCC(=O)OCC(CCCC)CCC(C)=O. The van der Waals surface area contributed by atoms with Crippen molar-refractivity contribution in [3.05, 3.63) is 12.2 Å². The van der Waals surface area contributed by atoms with Gasteiger partial charge in [-0.2, -0.15) is 0 Å². The zero-order valence-corrected chi connectivity index (χ0v) is 21.1. The van der Waals surface area contributed by atoms with Crippen LogP contribution in [0.25, 0.3) is 0 Å². The molecule has 0 aromatic heterocycles. The van der Waals surface area contributed by atoms with Gasteiger partial charge >= 0.3 is 5.97 Å². The lowest BCUT2D eigenvalue weighted by Gasteiger charge is -2.16. The van der Waals surface area contributed by atoms with Gasteiger partial charge in [0.1, 0.15) is 5.78 Å². The van der Waals surface area contributed by atoms with Crippen molar-refractivity contribution >= 4 is 11.8 Å². The molecule has 0 bridgehead atoms. The van der Waals surface area contributed by atoms with Crippen LogP contribution in [-0.4, -0.2) is 18.4 Å². The number of hydrogen-bond donors (Lipinski definition) is 0. The van der Waals surface area contributed by atoms with E-state index >= 15 is 0 Å². The molecule has 0 aromatic rings. The van der Waals surface area contributed by atoms with Gasteiger partial charge in [0.15, 0.2) is 0 Å². The van der Waals surface area contributed by atoms with Gasteiger partial charge in [0.25, 0.3) is 0 Å². The quantitative estimate of drug-likeness (QED) is 0.0913. The molecule has 0 rings (SSSR count). The average molecular weight is 437 g/mol. The number of carbonyl (C=O) groups is 2. The molecule has 182 valence electrons. The Labute approximate surface area is 193 Å². The van der Waals surface area contributed by atoms with Crippen LogP contribution in [0.3, 0.4) is 0 Å². The number of unbranched alkanes of at least 4 members (excludes halogenated alkanes) is 12. The Morgan fingerprint density at radius 1 is 0.677 bits per heavy atom. The summed E-state index contributed by atoms with van der Waals surface area (Å²) in [5, 5.41) is 0. The minimum absolute atomic E-state index is 0.0676. The van der Waals surface area contributed by atoms with Gasteiger partial charge in [-0.15, -0.1) is 0 Å². The van der Waals surface area contributed by atoms with Crippen LogP contribution in [0.15, 0.2) is 12.2 Å². The maximum absolute atomic E-state index is 12.0. The van der Waals surface area contributed by atoms with Crippen molar-refractivity contribution in [2.45, 2.75) is 143 Å². The van der Waals surface area contributed by atoms with Crippen LogP contribution in [0, 0.1) is 5.92 Å². The molecule has 0 heterocycles. The van der Waals surface area contributed by atoms with Crippen LogP contribution < -0.4 is 0 Å². The summed E-state index contributed by atoms with van der Waals surface area (Å²) < 4.78 is 5.49. The van der Waals surface area contributed by atoms with E-state index < -0.39 is 0 Å². The smallest absolute Gasteiger partial charge is 0.305 e. The highest BCUT2D eigenvalue weighted by Gasteiger charge is 2.12. The number of allylic oxidation sites excluding steroid dienone is 2. The monoisotopic (exact) mass is 436 g/mol. The standard InChI is InChI=1S/C28H52O3/c1-4-6-8-9-10-11-12-13-14-15-16-17-18-19-20-22-28(30)31-25-27(21-7-5-2)24-23-26(3)29/h13-14,27H,4-12,15-25H2,1-3H3/b14-13-. The molecule has 3 nitrogen and oxygen atoms in total. The van der Waals surface area contributed by atoms with Gasteiger partial charge in [0, 0.05) is 12.8 Å². The fraction of sp³-hybridized carbons (Fsp3) is 0.857. The van der Waals surface area contributed by atoms with Crippen LogP contribution in [0.2, 0.25) is 0 Å². The van der Waals surface area contributed by atoms with E-state index in [4.69, 9.17) is 4.74 Å². The molecule has 0 saturated carbocycles. The van der Waals surface area contributed by atoms with Gasteiger partial charge in [-0.25, -0.2) is 0 Å². The summed E-state index contributed by atoms with van der Waals surface area (Å²) in [6, 6.07) is 0. The maximum atomic E-state index is 12.0. The normalized spacial score (nSPS) is 12.4. The zero-order valence-electron chi connectivity index (χ0n) is 21.1. The van der Waals surface area contributed by atoms with Gasteiger partial charge < -0.3 is 9.53 Å². The summed E-state index contributed by atoms with van der Waals surface area (Å²) in [6.07, 6.45) is 26.4. The Balaban J connectivity index is 3.55. The van der Waals surface area contributed by atoms with Crippen molar-refractivity contribution in [2.24, 2.45) is 5.92 Å².